The highest BCUT2D eigenvalue weighted by Gasteiger charge is 2.42. The second-order valence-corrected chi connectivity index (χ2v) is 10.3. The van der Waals surface area contributed by atoms with Gasteiger partial charge < -0.3 is 24.7 Å². The zero-order chi connectivity index (χ0) is 23.8. The van der Waals surface area contributed by atoms with E-state index in [2.05, 4.69) is 51.4 Å². The molecule has 180 valence electrons. The van der Waals surface area contributed by atoms with Gasteiger partial charge in [0.05, 0.1) is 24.2 Å². The van der Waals surface area contributed by atoms with Crippen molar-refractivity contribution in [3.63, 3.8) is 0 Å². The molecule has 2 amide bonds. The highest BCUT2D eigenvalue weighted by Crippen LogP contribution is 2.37. The zero-order valence-corrected chi connectivity index (χ0v) is 20.9. The topological polar surface area (TPSA) is 96.5 Å². The second kappa shape index (κ2) is 9.54. The Hall–Kier alpha value is -2.65. The van der Waals surface area contributed by atoms with Crippen molar-refractivity contribution in [2.45, 2.75) is 38.3 Å². The van der Waals surface area contributed by atoms with Crippen LogP contribution >= 0.6 is 15.9 Å². The Bertz CT molecular complexity index is 1220. The van der Waals surface area contributed by atoms with Crippen molar-refractivity contribution in [1.82, 2.24) is 20.2 Å². The number of benzene rings is 2. The van der Waals surface area contributed by atoms with Crippen molar-refractivity contribution in [3.05, 3.63) is 40.6 Å². The van der Waals surface area contributed by atoms with E-state index in [4.69, 9.17) is 14.5 Å². The number of H-pyrrole nitrogens is 1. The fraction of sp³-hybridized carbons (Fsp3) is 0.480. The molecule has 8 nitrogen and oxygen atoms in total. The summed E-state index contributed by atoms with van der Waals surface area (Å²) in [7, 11) is 1.32. The third kappa shape index (κ3) is 4.38. The molecule has 2 aliphatic heterocycles. The Labute approximate surface area is 206 Å². The second-order valence-electron chi connectivity index (χ2n) is 9.36. The van der Waals surface area contributed by atoms with Gasteiger partial charge >= 0.3 is 6.09 Å². The third-order valence-electron chi connectivity index (χ3n) is 7.02. The van der Waals surface area contributed by atoms with Crippen LogP contribution in [-0.2, 0) is 14.3 Å². The number of aromatic amines is 1. The average molecular weight is 529 g/mol. The molecule has 0 aliphatic carbocycles. The standard InChI is InChI=1S/C25H29BrN4O4/c1-14-11-20(23-27-19-6-3-16-12-17(26)4-5-18(16)22(19)28-23)30(13-14)24(31)21(29-25(32)33-2)15-7-9-34-10-8-15/h3-6,12,14-15,20-21H,7-11,13H2,1-2H3,(H,27,28)(H,29,32)/t14-,20-,21-/m0/s1. The van der Waals surface area contributed by atoms with Gasteiger partial charge in [0.1, 0.15) is 11.9 Å². The van der Waals surface area contributed by atoms with Crippen LogP contribution < -0.4 is 5.32 Å². The van der Waals surface area contributed by atoms with Gasteiger partial charge in [0.25, 0.3) is 0 Å². The molecule has 5 rings (SSSR count). The lowest BCUT2D eigenvalue weighted by Crippen LogP contribution is -2.53. The van der Waals surface area contributed by atoms with Crippen molar-refractivity contribution in [2.24, 2.45) is 11.8 Å². The Balaban J connectivity index is 1.48. The number of hydrogen-bond donors (Lipinski definition) is 2. The first-order valence-electron chi connectivity index (χ1n) is 11.7. The number of carbonyl (C=O) groups is 2. The van der Waals surface area contributed by atoms with Crippen LogP contribution in [0.2, 0.25) is 0 Å². The number of nitrogens with one attached hydrogen (secondary N) is 2. The first-order valence-corrected chi connectivity index (χ1v) is 12.5. The van der Waals surface area contributed by atoms with E-state index in [0.29, 0.717) is 25.7 Å². The molecule has 3 heterocycles. The number of fused-ring (bicyclic) bond motifs is 3. The Morgan fingerprint density at radius 2 is 2.06 bits per heavy atom. The molecular weight excluding hydrogens is 500 g/mol. The third-order valence-corrected chi connectivity index (χ3v) is 7.51. The molecule has 2 fully saturated rings. The molecule has 0 bridgehead atoms. The zero-order valence-electron chi connectivity index (χ0n) is 19.3. The molecule has 9 heteroatoms. The predicted octanol–water partition coefficient (Wildman–Crippen LogP) is 4.54. The number of nitrogens with zero attached hydrogens (tertiary/aromatic N) is 2. The summed E-state index contributed by atoms with van der Waals surface area (Å²) in [4.78, 5) is 36.3. The van der Waals surface area contributed by atoms with Crippen LogP contribution in [0, 0.1) is 11.8 Å². The van der Waals surface area contributed by atoms with Gasteiger partial charge in [-0.25, -0.2) is 9.78 Å². The minimum atomic E-state index is -0.647. The van der Waals surface area contributed by atoms with Crippen molar-refractivity contribution >= 4 is 49.7 Å². The van der Waals surface area contributed by atoms with Crippen molar-refractivity contribution in [3.8, 4) is 0 Å². The van der Waals surface area contributed by atoms with Gasteiger partial charge in [-0.3, -0.25) is 4.79 Å². The largest absolute Gasteiger partial charge is 0.453 e. The first-order chi connectivity index (χ1) is 16.4. The number of amides is 2. The maximum atomic E-state index is 13.9. The molecule has 0 unspecified atom stereocenters. The monoisotopic (exact) mass is 528 g/mol. The van der Waals surface area contributed by atoms with Crippen molar-refractivity contribution in [1.29, 1.82) is 0 Å². The quantitative estimate of drug-likeness (QED) is 0.518. The number of aromatic nitrogens is 2. The summed E-state index contributed by atoms with van der Waals surface area (Å²) in [6.45, 7) is 3.94. The van der Waals surface area contributed by atoms with E-state index >= 15 is 0 Å². The van der Waals surface area contributed by atoms with Crippen LogP contribution in [0.5, 0.6) is 0 Å². The van der Waals surface area contributed by atoms with Gasteiger partial charge in [-0.05, 0) is 54.7 Å². The number of alkyl carbamates (subject to hydrolysis) is 1. The molecule has 2 aromatic carbocycles. The molecule has 3 atom stereocenters. The van der Waals surface area contributed by atoms with Crippen LogP contribution in [0.3, 0.4) is 0 Å². The number of methoxy groups -OCH3 is 1. The van der Waals surface area contributed by atoms with Crippen LogP contribution in [0.25, 0.3) is 21.8 Å². The maximum absolute atomic E-state index is 13.9. The van der Waals surface area contributed by atoms with Crippen LogP contribution in [0.15, 0.2) is 34.8 Å². The Kier molecular flexibility index (Phi) is 6.48. The lowest BCUT2D eigenvalue weighted by atomic mass is 9.90. The number of hydrogen-bond acceptors (Lipinski definition) is 5. The summed E-state index contributed by atoms with van der Waals surface area (Å²) in [5, 5.41) is 4.99. The molecule has 2 saturated heterocycles. The van der Waals surface area contributed by atoms with Crippen LogP contribution in [0.4, 0.5) is 4.79 Å². The number of carbonyl (C=O) groups excluding carboxylic acids is 2. The number of ether oxygens (including phenoxy) is 2. The summed E-state index contributed by atoms with van der Waals surface area (Å²) in [6, 6.07) is 9.44. The van der Waals surface area contributed by atoms with E-state index in [1.165, 1.54) is 7.11 Å². The van der Waals surface area contributed by atoms with Gasteiger partial charge in [-0.15, -0.1) is 0 Å². The molecule has 2 aliphatic rings. The SMILES string of the molecule is COC(=O)N[C@H](C(=O)N1C[C@@H](C)C[C@H]1c1nc2c(ccc3cc(Br)ccc32)[nH]1)C1CCOCC1. The van der Waals surface area contributed by atoms with E-state index < -0.39 is 12.1 Å². The van der Waals surface area contributed by atoms with E-state index in [1.54, 1.807) is 0 Å². The summed E-state index contributed by atoms with van der Waals surface area (Å²) < 4.78 is 11.3. The molecule has 0 saturated carbocycles. The summed E-state index contributed by atoms with van der Waals surface area (Å²) in [6.07, 6.45) is 1.67. The van der Waals surface area contributed by atoms with Gasteiger partial charge in [0.2, 0.25) is 5.91 Å². The van der Waals surface area contributed by atoms with Crippen LogP contribution in [-0.4, -0.2) is 59.8 Å². The maximum Gasteiger partial charge on any atom is 0.407 e. The number of imidazole rings is 1. The minimum Gasteiger partial charge on any atom is -0.453 e. The molecule has 0 spiro atoms. The highest BCUT2D eigenvalue weighted by molar-refractivity contribution is 9.10. The summed E-state index contributed by atoms with van der Waals surface area (Å²) in [5.74, 6) is 1.03. The molecule has 3 aromatic rings. The van der Waals surface area contributed by atoms with Gasteiger partial charge in [0, 0.05) is 29.6 Å². The van der Waals surface area contributed by atoms with Gasteiger partial charge in [0.15, 0.2) is 0 Å². The normalized spacial score (nSPS) is 22.3. The van der Waals surface area contributed by atoms with Gasteiger partial charge in [-0.2, -0.15) is 0 Å². The van der Waals surface area contributed by atoms with Crippen LogP contribution in [0.1, 0.15) is 38.1 Å². The smallest absolute Gasteiger partial charge is 0.407 e. The minimum absolute atomic E-state index is 0.00923. The lowest BCUT2D eigenvalue weighted by Gasteiger charge is -2.34. The summed E-state index contributed by atoms with van der Waals surface area (Å²) >= 11 is 3.54. The van der Waals surface area contributed by atoms with Crippen molar-refractivity contribution in [2.75, 3.05) is 26.9 Å². The van der Waals surface area contributed by atoms with E-state index in [-0.39, 0.29) is 17.9 Å². The number of rotatable bonds is 4. The van der Waals surface area contributed by atoms with E-state index in [0.717, 1.165) is 51.4 Å². The fourth-order valence-corrected chi connectivity index (χ4v) is 5.67. The van der Waals surface area contributed by atoms with E-state index in [1.807, 2.05) is 17.0 Å². The lowest BCUT2D eigenvalue weighted by molar-refractivity contribution is -0.137. The molecule has 34 heavy (non-hydrogen) atoms. The first kappa shape index (κ1) is 23.1. The van der Waals surface area contributed by atoms with E-state index in [9.17, 15) is 9.59 Å². The van der Waals surface area contributed by atoms with Gasteiger partial charge in [-0.1, -0.05) is 35.0 Å². The molecule has 1 aromatic heterocycles. The predicted molar refractivity (Wildman–Crippen MR) is 132 cm³/mol. The average Bonchev–Trinajstić information content (AvgIpc) is 3.45. The number of likely N-dealkylation sites (tertiary alicyclic amines) is 1. The Morgan fingerprint density at radius 3 is 2.82 bits per heavy atom. The molecular formula is C25H29BrN4O4. The molecule has 0 radical (unpaired) electrons. The molecule has 2 N–H and O–H groups in total. The Morgan fingerprint density at radius 1 is 1.26 bits per heavy atom. The fourth-order valence-electron chi connectivity index (χ4n) is 5.29. The number of halogens is 1. The highest BCUT2D eigenvalue weighted by atomic mass is 79.9. The summed E-state index contributed by atoms with van der Waals surface area (Å²) in [5.41, 5.74) is 1.85. The van der Waals surface area contributed by atoms with Crippen molar-refractivity contribution < 1.29 is 19.1 Å².